The van der Waals surface area contributed by atoms with E-state index in [1.165, 1.54) is 0 Å². The Bertz CT molecular complexity index is 494. The standard InChI is InChI=1S/C14H25N5O2/c1-8(2)11(9(3)4)7-16-13-12(19(20)21)10(5)17-14(15-6)18-13/h8-9,11H,7H2,1-6H3,(H2,15,16,17,18). The van der Waals surface area contributed by atoms with Crippen LogP contribution in [0, 0.1) is 34.8 Å². The number of hydrogen-bond donors (Lipinski definition) is 2. The van der Waals surface area contributed by atoms with Crippen LogP contribution < -0.4 is 10.6 Å². The molecule has 0 saturated heterocycles. The highest BCUT2D eigenvalue weighted by Crippen LogP contribution is 2.28. The van der Waals surface area contributed by atoms with Crippen molar-refractivity contribution in [1.29, 1.82) is 0 Å². The first-order valence-electron chi connectivity index (χ1n) is 7.22. The summed E-state index contributed by atoms with van der Waals surface area (Å²) in [5.41, 5.74) is 0.299. The van der Waals surface area contributed by atoms with Gasteiger partial charge in [0, 0.05) is 13.6 Å². The second-order valence-electron chi connectivity index (χ2n) is 5.87. The van der Waals surface area contributed by atoms with Gasteiger partial charge in [-0.05, 0) is 24.7 Å². The molecule has 1 aromatic heterocycles. The summed E-state index contributed by atoms with van der Waals surface area (Å²) >= 11 is 0. The van der Waals surface area contributed by atoms with E-state index in [1.54, 1.807) is 14.0 Å². The van der Waals surface area contributed by atoms with Crippen molar-refractivity contribution in [1.82, 2.24) is 9.97 Å². The lowest BCUT2D eigenvalue weighted by molar-refractivity contribution is -0.385. The van der Waals surface area contributed by atoms with Crippen LogP contribution in [0.15, 0.2) is 0 Å². The average molecular weight is 295 g/mol. The van der Waals surface area contributed by atoms with Crippen LogP contribution >= 0.6 is 0 Å². The molecular formula is C14H25N5O2. The first kappa shape index (κ1) is 17.1. The number of nitrogens with one attached hydrogen (secondary N) is 2. The summed E-state index contributed by atoms with van der Waals surface area (Å²) in [7, 11) is 1.69. The smallest absolute Gasteiger partial charge is 0.332 e. The van der Waals surface area contributed by atoms with Gasteiger partial charge in [-0.15, -0.1) is 0 Å². The topological polar surface area (TPSA) is 93.0 Å². The van der Waals surface area contributed by atoms with Gasteiger partial charge in [-0.2, -0.15) is 4.98 Å². The van der Waals surface area contributed by atoms with E-state index in [9.17, 15) is 10.1 Å². The summed E-state index contributed by atoms with van der Waals surface area (Å²) in [4.78, 5) is 19.0. The predicted molar refractivity (Wildman–Crippen MR) is 84.6 cm³/mol. The fourth-order valence-corrected chi connectivity index (χ4v) is 2.48. The zero-order chi connectivity index (χ0) is 16.2. The van der Waals surface area contributed by atoms with Crippen LogP contribution in [-0.4, -0.2) is 28.5 Å². The summed E-state index contributed by atoms with van der Waals surface area (Å²) in [6.07, 6.45) is 0. The molecule has 0 aromatic carbocycles. The van der Waals surface area contributed by atoms with E-state index in [0.29, 0.717) is 35.9 Å². The maximum atomic E-state index is 11.2. The van der Waals surface area contributed by atoms with Crippen LogP contribution in [0.2, 0.25) is 0 Å². The molecule has 0 atom stereocenters. The van der Waals surface area contributed by atoms with Gasteiger partial charge in [0.2, 0.25) is 11.8 Å². The second-order valence-corrected chi connectivity index (χ2v) is 5.87. The van der Waals surface area contributed by atoms with E-state index in [1.807, 2.05) is 0 Å². The van der Waals surface area contributed by atoms with Gasteiger partial charge in [0.15, 0.2) is 0 Å². The molecule has 0 aliphatic rings. The minimum absolute atomic E-state index is 0.0553. The van der Waals surface area contributed by atoms with Crippen LogP contribution in [-0.2, 0) is 0 Å². The molecule has 0 saturated carbocycles. The lowest BCUT2D eigenvalue weighted by Crippen LogP contribution is -2.25. The van der Waals surface area contributed by atoms with Crippen LogP contribution in [0.25, 0.3) is 0 Å². The molecule has 0 aliphatic heterocycles. The third kappa shape index (κ3) is 4.27. The number of hydrogen-bond acceptors (Lipinski definition) is 6. The van der Waals surface area contributed by atoms with Gasteiger partial charge < -0.3 is 10.6 Å². The molecule has 0 bridgehead atoms. The lowest BCUT2D eigenvalue weighted by Gasteiger charge is -2.25. The Labute approximate surface area is 125 Å². The third-order valence-electron chi connectivity index (χ3n) is 3.68. The van der Waals surface area contributed by atoms with Crippen LogP contribution in [0.5, 0.6) is 0 Å². The number of aromatic nitrogens is 2. The highest BCUT2D eigenvalue weighted by atomic mass is 16.6. The van der Waals surface area contributed by atoms with Crippen molar-refractivity contribution in [2.24, 2.45) is 17.8 Å². The zero-order valence-electron chi connectivity index (χ0n) is 13.6. The highest BCUT2D eigenvalue weighted by Gasteiger charge is 2.24. The molecule has 0 amide bonds. The van der Waals surface area contributed by atoms with Crippen molar-refractivity contribution in [3.63, 3.8) is 0 Å². The van der Waals surface area contributed by atoms with Crippen molar-refractivity contribution in [3.8, 4) is 0 Å². The van der Waals surface area contributed by atoms with Gasteiger partial charge in [-0.25, -0.2) is 4.98 Å². The minimum atomic E-state index is -0.434. The molecule has 1 aromatic rings. The molecule has 2 N–H and O–H groups in total. The van der Waals surface area contributed by atoms with E-state index in [4.69, 9.17) is 0 Å². The maximum absolute atomic E-state index is 11.2. The normalized spacial score (nSPS) is 11.3. The summed E-state index contributed by atoms with van der Waals surface area (Å²) in [5.74, 6) is 2.05. The monoisotopic (exact) mass is 295 g/mol. The molecule has 0 unspecified atom stereocenters. The predicted octanol–water partition coefficient (Wildman–Crippen LogP) is 3.08. The van der Waals surface area contributed by atoms with E-state index >= 15 is 0 Å². The van der Waals surface area contributed by atoms with Crippen molar-refractivity contribution in [3.05, 3.63) is 15.8 Å². The van der Waals surface area contributed by atoms with Gasteiger partial charge in [0.1, 0.15) is 5.69 Å². The summed E-state index contributed by atoms with van der Waals surface area (Å²) in [5, 5.41) is 17.2. The van der Waals surface area contributed by atoms with Crippen LogP contribution in [0.1, 0.15) is 33.4 Å². The molecule has 7 nitrogen and oxygen atoms in total. The number of nitro groups is 1. The fourth-order valence-electron chi connectivity index (χ4n) is 2.48. The molecule has 0 spiro atoms. The zero-order valence-corrected chi connectivity index (χ0v) is 13.6. The van der Waals surface area contributed by atoms with Crippen molar-refractivity contribution in [2.75, 3.05) is 24.2 Å². The molecule has 7 heteroatoms. The fraction of sp³-hybridized carbons (Fsp3) is 0.714. The largest absolute Gasteiger partial charge is 0.364 e. The summed E-state index contributed by atoms with van der Waals surface area (Å²) in [6.45, 7) is 10.9. The van der Waals surface area contributed by atoms with Gasteiger partial charge >= 0.3 is 5.69 Å². The highest BCUT2D eigenvalue weighted by molar-refractivity contribution is 5.60. The van der Waals surface area contributed by atoms with Gasteiger partial charge in [-0.3, -0.25) is 10.1 Å². The van der Waals surface area contributed by atoms with E-state index in [-0.39, 0.29) is 11.5 Å². The van der Waals surface area contributed by atoms with Crippen LogP contribution in [0.4, 0.5) is 17.5 Å². The Kier molecular flexibility index (Phi) is 5.87. The van der Waals surface area contributed by atoms with E-state index < -0.39 is 4.92 Å². The Hall–Kier alpha value is -1.92. The number of aryl methyl sites for hydroxylation is 1. The van der Waals surface area contributed by atoms with Crippen molar-refractivity contribution >= 4 is 17.5 Å². The first-order chi connectivity index (χ1) is 9.77. The summed E-state index contributed by atoms with van der Waals surface area (Å²) in [6, 6.07) is 0. The number of anilines is 2. The molecule has 0 aliphatic carbocycles. The third-order valence-corrected chi connectivity index (χ3v) is 3.68. The van der Waals surface area contributed by atoms with Crippen LogP contribution in [0.3, 0.4) is 0 Å². The van der Waals surface area contributed by atoms with Gasteiger partial charge in [-0.1, -0.05) is 27.7 Å². The Morgan fingerprint density at radius 3 is 2.19 bits per heavy atom. The summed E-state index contributed by atoms with van der Waals surface area (Å²) < 4.78 is 0. The van der Waals surface area contributed by atoms with Crippen molar-refractivity contribution < 1.29 is 4.92 Å². The molecule has 118 valence electrons. The molecule has 21 heavy (non-hydrogen) atoms. The number of rotatable bonds is 7. The quantitative estimate of drug-likeness (QED) is 0.593. The van der Waals surface area contributed by atoms with E-state index in [0.717, 1.165) is 0 Å². The number of nitrogens with zero attached hydrogens (tertiary/aromatic N) is 3. The Morgan fingerprint density at radius 1 is 1.19 bits per heavy atom. The second kappa shape index (κ2) is 7.19. The first-order valence-corrected chi connectivity index (χ1v) is 7.22. The molecule has 0 radical (unpaired) electrons. The molecule has 0 fully saturated rings. The Balaban J connectivity index is 3.05. The lowest BCUT2D eigenvalue weighted by atomic mass is 9.85. The average Bonchev–Trinajstić information content (AvgIpc) is 2.36. The van der Waals surface area contributed by atoms with Gasteiger partial charge in [0.05, 0.1) is 4.92 Å². The van der Waals surface area contributed by atoms with E-state index in [2.05, 4.69) is 48.3 Å². The maximum Gasteiger partial charge on any atom is 0.332 e. The van der Waals surface area contributed by atoms with Gasteiger partial charge in [0.25, 0.3) is 0 Å². The molecule has 1 rings (SSSR count). The SMILES string of the molecule is CNc1nc(C)c([N+](=O)[O-])c(NCC(C(C)C)C(C)C)n1. The Morgan fingerprint density at radius 2 is 1.76 bits per heavy atom. The molecule has 1 heterocycles. The minimum Gasteiger partial charge on any atom is -0.364 e. The molecular weight excluding hydrogens is 270 g/mol. The van der Waals surface area contributed by atoms with Crippen molar-refractivity contribution in [2.45, 2.75) is 34.6 Å².